The summed E-state index contributed by atoms with van der Waals surface area (Å²) in [5.74, 6) is 0. The fourth-order valence-electron chi connectivity index (χ4n) is 1.01. The van der Waals surface area contributed by atoms with Crippen molar-refractivity contribution in [1.29, 1.82) is 10.5 Å². The molecule has 6 heteroatoms. The van der Waals surface area contributed by atoms with Gasteiger partial charge in [-0.1, -0.05) is 11.6 Å². The average molecular weight is 234 g/mol. The van der Waals surface area contributed by atoms with E-state index >= 15 is 0 Å². The molecular formula is C10H8ClN5. The highest BCUT2D eigenvalue weighted by atomic mass is 35.5. The van der Waals surface area contributed by atoms with Crippen LogP contribution in [0.4, 0.5) is 11.4 Å². The number of halogens is 1. The fraction of sp³-hybridized carbons (Fsp3) is 0.100. The van der Waals surface area contributed by atoms with Crippen molar-refractivity contribution >= 4 is 28.7 Å². The number of hydrazone groups is 1. The third-order valence-electron chi connectivity index (χ3n) is 1.75. The molecule has 0 amide bonds. The van der Waals surface area contributed by atoms with Gasteiger partial charge in [-0.05, 0) is 18.2 Å². The van der Waals surface area contributed by atoms with Gasteiger partial charge in [-0.2, -0.15) is 15.6 Å². The molecule has 0 aliphatic carbocycles. The Morgan fingerprint density at radius 1 is 1.31 bits per heavy atom. The van der Waals surface area contributed by atoms with Crippen molar-refractivity contribution in [3.8, 4) is 12.1 Å². The molecule has 0 spiro atoms. The van der Waals surface area contributed by atoms with Crippen LogP contribution in [0.15, 0.2) is 23.3 Å². The zero-order valence-corrected chi connectivity index (χ0v) is 9.21. The van der Waals surface area contributed by atoms with Crippen LogP contribution >= 0.6 is 11.6 Å². The van der Waals surface area contributed by atoms with Crippen LogP contribution in [0, 0.1) is 22.7 Å². The Morgan fingerprint density at radius 2 is 2.00 bits per heavy atom. The molecule has 0 aromatic heterocycles. The van der Waals surface area contributed by atoms with E-state index in [1.165, 1.54) is 0 Å². The standard InChI is InChI=1S/C10H8ClN5/c1-14-10-4-7(11)2-3-9(10)16-15-8(5-12)6-13/h2-4,14,16H,1H3. The summed E-state index contributed by atoms with van der Waals surface area (Å²) in [5.41, 5.74) is 3.74. The van der Waals surface area contributed by atoms with Gasteiger partial charge in [0.1, 0.15) is 12.1 Å². The molecule has 0 bridgehead atoms. The number of hydrogen-bond donors (Lipinski definition) is 2. The summed E-state index contributed by atoms with van der Waals surface area (Å²) in [6.07, 6.45) is 0. The molecule has 1 aromatic rings. The maximum absolute atomic E-state index is 8.49. The Bertz CT molecular complexity index is 479. The summed E-state index contributed by atoms with van der Waals surface area (Å²) in [5, 5.41) is 24.1. The summed E-state index contributed by atoms with van der Waals surface area (Å²) in [6.45, 7) is 0. The van der Waals surface area contributed by atoms with Crippen LogP contribution in [0.2, 0.25) is 5.02 Å². The van der Waals surface area contributed by atoms with Crippen molar-refractivity contribution in [2.75, 3.05) is 17.8 Å². The number of nitrogens with one attached hydrogen (secondary N) is 2. The van der Waals surface area contributed by atoms with Crippen LogP contribution in [-0.4, -0.2) is 12.8 Å². The van der Waals surface area contributed by atoms with Gasteiger partial charge in [-0.15, -0.1) is 0 Å². The monoisotopic (exact) mass is 233 g/mol. The quantitative estimate of drug-likeness (QED) is 0.619. The fourth-order valence-corrected chi connectivity index (χ4v) is 1.18. The first-order valence-corrected chi connectivity index (χ1v) is 4.70. The summed E-state index contributed by atoms with van der Waals surface area (Å²) in [4.78, 5) is 0. The third-order valence-corrected chi connectivity index (χ3v) is 1.99. The minimum atomic E-state index is -0.239. The summed E-state index contributed by atoms with van der Waals surface area (Å²) >= 11 is 5.80. The van der Waals surface area contributed by atoms with E-state index in [9.17, 15) is 0 Å². The molecule has 0 fully saturated rings. The van der Waals surface area contributed by atoms with Crippen molar-refractivity contribution in [3.05, 3.63) is 23.2 Å². The Kier molecular flexibility index (Phi) is 4.14. The second-order valence-corrected chi connectivity index (χ2v) is 3.17. The number of benzene rings is 1. The molecule has 0 radical (unpaired) electrons. The molecular weight excluding hydrogens is 226 g/mol. The third kappa shape index (κ3) is 2.88. The molecule has 16 heavy (non-hydrogen) atoms. The van der Waals surface area contributed by atoms with Crippen LogP contribution in [-0.2, 0) is 0 Å². The molecule has 0 unspecified atom stereocenters. The number of rotatable bonds is 3. The van der Waals surface area contributed by atoms with E-state index in [-0.39, 0.29) is 5.71 Å². The van der Waals surface area contributed by atoms with Crippen LogP contribution in [0.3, 0.4) is 0 Å². The first kappa shape index (κ1) is 11.8. The maximum atomic E-state index is 8.49. The lowest BCUT2D eigenvalue weighted by atomic mass is 10.3. The van der Waals surface area contributed by atoms with E-state index < -0.39 is 0 Å². The van der Waals surface area contributed by atoms with Gasteiger partial charge >= 0.3 is 0 Å². The lowest BCUT2D eigenvalue weighted by Gasteiger charge is -2.08. The van der Waals surface area contributed by atoms with Gasteiger partial charge in [0.2, 0.25) is 5.71 Å². The summed E-state index contributed by atoms with van der Waals surface area (Å²) < 4.78 is 0. The molecule has 0 aliphatic heterocycles. The average Bonchev–Trinajstić information content (AvgIpc) is 2.31. The van der Waals surface area contributed by atoms with Gasteiger partial charge in [0.25, 0.3) is 0 Å². The van der Waals surface area contributed by atoms with E-state index in [2.05, 4.69) is 15.8 Å². The second-order valence-electron chi connectivity index (χ2n) is 2.74. The van der Waals surface area contributed by atoms with Crippen molar-refractivity contribution < 1.29 is 0 Å². The van der Waals surface area contributed by atoms with Crippen molar-refractivity contribution in [2.45, 2.75) is 0 Å². The van der Waals surface area contributed by atoms with Gasteiger partial charge in [0.05, 0.1) is 11.4 Å². The SMILES string of the molecule is CNc1cc(Cl)ccc1NN=C(C#N)C#N. The van der Waals surface area contributed by atoms with E-state index in [4.69, 9.17) is 22.1 Å². The Hall–Kier alpha value is -2.24. The molecule has 2 N–H and O–H groups in total. The maximum Gasteiger partial charge on any atom is 0.237 e. The Balaban J connectivity index is 2.95. The first-order chi connectivity index (χ1) is 7.71. The Labute approximate surface area is 97.9 Å². The number of anilines is 2. The van der Waals surface area contributed by atoms with Gasteiger partial charge in [0, 0.05) is 12.1 Å². The number of nitrogens with zero attached hydrogens (tertiary/aromatic N) is 3. The topological polar surface area (TPSA) is 84.0 Å². The predicted molar refractivity (Wildman–Crippen MR) is 63.3 cm³/mol. The minimum Gasteiger partial charge on any atom is -0.386 e. The van der Waals surface area contributed by atoms with E-state index in [1.807, 2.05) is 0 Å². The van der Waals surface area contributed by atoms with Crippen molar-refractivity contribution in [3.63, 3.8) is 0 Å². The lowest BCUT2D eigenvalue weighted by molar-refractivity contribution is 1.33. The van der Waals surface area contributed by atoms with Crippen LogP contribution in [0.1, 0.15) is 0 Å². The van der Waals surface area contributed by atoms with Crippen molar-refractivity contribution in [2.24, 2.45) is 5.10 Å². The van der Waals surface area contributed by atoms with E-state index in [0.717, 1.165) is 5.69 Å². The molecule has 0 saturated heterocycles. The van der Waals surface area contributed by atoms with Crippen molar-refractivity contribution in [1.82, 2.24) is 0 Å². The summed E-state index contributed by atoms with van der Waals surface area (Å²) in [7, 11) is 1.73. The minimum absolute atomic E-state index is 0.239. The molecule has 80 valence electrons. The highest BCUT2D eigenvalue weighted by Crippen LogP contribution is 2.25. The van der Waals surface area contributed by atoms with Gasteiger partial charge in [-0.3, -0.25) is 5.43 Å². The van der Waals surface area contributed by atoms with Gasteiger partial charge in [-0.25, -0.2) is 0 Å². The highest BCUT2D eigenvalue weighted by molar-refractivity contribution is 6.31. The molecule has 5 nitrogen and oxygen atoms in total. The molecule has 0 atom stereocenters. The molecule has 1 aromatic carbocycles. The highest BCUT2D eigenvalue weighted by Gasteiger charge is 2.01. The number of hydrogen-bond acceptors (Lipinski definition) is 5. The normalized spacial score (nSPS) is 8.50. The molecule has 0 aliphatic rings. The Morgan fingerprint density at radius 3 is 2.56 bits per heavy atom. The largest absolute Gasteiger partial charge is 0.386 e. The molecule has 1 rings (SSSR count). The predicted octanol–water partition coefficient (Wildman–Crippen LogP) is 2.20. The lowest BCUT2D eigenvalue weighted by Crippen LogP contribution is -1.99. The van der Waals surface area contributed by atoms with Crippen LogP contribution < -0.4 is 10.7 Å². The smallest absolute Gasteiger partial charge is 0.237 e. The van der Waals surface area contributed by atoms with Gasteiger partial charge in [0.15, 0.2) is 0 Å². The zero-order chi connectivity index (χ0) is 12.0. The second kappa shape index (κ2) is 5.59. The number of nitriles is 2. The van der Waals surface area contributed by atoms with Crippen LogP contribution in [0.25, 0.3) is 0 Å². The summed E-state index contributed by atoms with van der Waals surface area (Å²) in [6, 6.07) is 8.39. The van der Waals surface area contributed by atoms with E-state index in [1.54, 1.807) is 37.4 Å². The molecule has 0 saturated carbocycles. The molecule has 0 heterocycles. The van der Waals surface area contributed by atoms with E-state index in [0.29, 0.717) is 10.7 Å². The zero-order valence-electron chi connectivity index (χ0n) is 8.45. The first-order valence-electron chi connectivity index (χ1n) is 4.32. The van der Waals surface area contributed by atoms with Crippen LogP contribution in [0.5, 0.6) is 0 Å². The van der Waals surface area contributed by atoms with Gasteiger partial charge < -0.3 is 5.32 Å².